The summed E-state index contributed by atoms with van der Waals surface area (Å²) in [6.07, 6.45) is 1.36. The lowest BCUT2D eigenvalue weighted by Crippen LogP contribution is -2.43. The Morgan fingerprint density at radius 1 is 1.17 bits per heavy atom. The molecule has 1 saturated heterocycles. The Kier molecular flexibility index (Phi) is 10.1. The molecule has 46 heavy (non-hydrogen) atoms. The van der Waals surface area contributed by atoms with E-state index in [0.29, 0.717) is 60.8 Å². The van der Waals surface area contributed by atoms with E-state index in [1.165, 1.54) is 17.0 Å². The van der Waals surface area contributed by atoms with Gasteiger partial charge in [0.25, 0.3) is 11.5 Å². The number of hydrogen-bond acceptors (Lipinski definition) is 9. The average Bonchev–Trinajstić information content (AvgIpc) is 3.04. The third-order valence-corrected chi connectivity index (χ3v) is 8.13. The van der Waals surface area contributed by atoms with Gasteiger partial charge in [0.2, 0.25) is 5.75 Å². The lowest BCUT2D eigenvalue weighted by atomic mass is 9.96. The van der Waals surface area contributed by atoms with Gasteiger partial charge in [-0.15, -0.1) is 0 Å². The maximum Gasteiger partial charge on any atom is 0.312 e. The van der Waals surface area contributed by atoms with Crippen molar-refractivity contribution in [2.24, 2.45) is 5.10 Å². The minimum absolute atomic E-state index is 0.0831. The topological polar surface area (TPSA) is 138 Å². The van der Waals surface area contributed by atoms with E-state index in [4.69, 9.17) is 19.2 Å². The highest BCUT2D eigenvalue weighted by Gasteiger charge is 2.24. The number of para-hydroxylation sites is 1. The number of halogens is 1. The molecule has 1 amide bonds. The number of hydrogen-bond donors (Lipinski definition) is 0. The Balaban J connectivity index is 1.56. The van der Waals surface area contributed by atoms with Gasteiger partial charge in [-0.25, -0.2) is 4.98 Å². The summed E-state index contributed by atoms with van der Waals surface area (Å²) < 4.78 is 18.3. The molecular weight excluding hydrogens is 658 g/mol. The molecule has 240 valence electrons. The molecule has 0 aliphatic carbocycles. The van der Waals surface area contributed by atoms with Crippen LogP contribution in [0.15, 0.2) is 62.9 Å². The number of carbonyl (C=O) groups excluding carboxylic acids is 1. The van der Waals surface area contributed by atoms with Crippen molar-refractivity contribution in [2.45, 2.75) is 33.6 Å². The first-order valence-corrected chi connectivity index (χ1v) is 15.7. The van der Waals surface area contributed by atoms with Crippen LogP contribution in [0.2, 0.25) is 0 Å². The number of fused-ring (bicyclic) bond motifs is 1. The molecule has 13 heteroatoms. The van der Waals surface area contributed by atoms with Gasteiger partial charge in [0.15, 0.2) is 12.4 Å². The maximum atomic E-state index is 13.8. The minimum Gasteiger partial charge on any atom is -0.494 e. The standard InChI is InChI=1S/C33H34BrN5O7/c1-5-45-29-14-21(4)25(17-24(29)20(2)3)32-36-27-9-7-6-8-23(27)33(41)38(32)35-18-22-15-26(34)31(28(16-22)39(42)43)46-19-30(40)37-10-12-44-13-11-37/h6-9,14-18,20H,5,10-13,19H2,1-4H3. The van der Waals surface area contributed by atoms with Gasteiger partial charge in [0.05, 0.1) is 46.3 Å². The molecule has 4 aromatic rings. The van der Waals surface area contributed by atoms with E-state index in [1.807, 2.05) is 32.0 Å². The number of amides is 1. The van der Waals surface area contributed by atoms with Crippen molar-refractivity contribution < 1.29 is 23.9 Å². The van der Waals surface area contributed by atoms with Crippen LogP contribution in [0.1, 0.15) is 43.4 Å². The molecule has 3 aromatic carbocycles. The molecule has 0 unspecified atom stereocenters. The zero-order chi connectivity index (χ0) is 33.0. The summed E-state index contributed by atoms with van der Waals surface area (Å²) in [6.45, 7) is 9.83. The van der Waals surface area contributed by atoms with Crippen molar-refractivity contribution in [2.75, 3.05) is 39.5 Å². The molecule has 0 atom stereocenters. The second-order valence-electron chi connectivity index (χ2n) is 11.0. The molecule has 2 heterocycles. The van der Waals surface area contributed by atoms with E-state index in [-0.39, 0.29) is 34.3 Å². The van der Waals surface area contributed by atoms with Gasteiger partial charge in [-0.05, 0) is 77.2 Å². The smallest absolute Gasteiger partial charge is 0.312 e. The van der Waals surface area contributed by atoms with Crippen molar-refractivity contribution in [3.63, 3.8) is 0 Å². The molecule has 0 saturated carbocycles. The zero-order valence-electron chi connectivity index (χ0n) is 26.0. The number of aromatic nitrogens is 2. The van der Waals surface area contributed by atoms with E-state index in [9.17, 15) is 19.7 Å². The van der Waals surface area contributed by atoms with Crippen LogP contribution in [0.25, 0.3) is 22.3 Å². The van der Waals surface area contributed by atoms with E-state index in [1.54, 1.807) is 29.2 Å². The lowest BCUT2D eigenvalue weighted by Gasteiger charge is -2.26. The van der Waals surface area contributed by atoms with Gasteiger partial charge in [-0.3, -0.25) is 19.7 Å². The Bertz CT molecular complexity index is 1880. The second-order valence-corrected chi connectivity index (χ2v) is 11.9. The summed E-state index contributed by atoms with van der Waals surface area (Å²) in [4.78, 5) is 44.3. The molecule has 0 bridgehead atoms. The third-order valence-electron chi connectivity index (χ3n) is 7.54. The van der Waals surface area contributed by atoms with Gasteiger partial charge in [-0.1, -0.05) is 26.0 Å². The SMILES string of the molecule is CCOc1cc(C)c(-c2nc3ccccc3c(=O)n2N=Cc2cc(Br)c(OCC(=O)N3CCOCC3)c([N+](=O)[O-])c2)cc1C(C)C. The number of rotatable bonds is 10. The molecule has 1 aliphatic rings. The van der Waals surface area contributed by atoms with E-state index >= 15 is 0 Å². The normalized spacial score (nSPS) is 13.5. The predicted molar refractivity (Wildman–Crippen MR) is 178 cm³/mol. The number of nitrogens with zero attached hydrogens (tertiary/aromatic N) is 5. The molecule has 1 aliphatic heterocycles. The van der Waals surface area contributed by atoms with Crippen LogP contribution < -0.4 is 15.0 Å². The van der Waals surface area contributed by atoms with Gasteiger partial charge in [0.1, 0.15) is 5.75 Å². The number of morpholine rings is 1. The number of nitro benzene ring substituents is 1. The second kappa shape index (κ2) is 14.2. The highest BCUT2D eigenvalue weighted by molar-refractivity contribution is 9.10. The molecule has 5 rings (SSSR count). The Morgan fingerprint density at radius 3 is 2.61 bits per heavy atom. The molecule has 12 nitrogen and oxygen atoms in total. The molecular formula is C33H34BrN5O7. The van der Waals surface area contributed by atoms with Crippen LogP contribution >= 0.6 is 15.9 Å². The highest BCUT2D eigenvalue weighted by atomic mass is 79.9. The summed E-state index contributed by atoms with van der Waals surface area (Å²) in [5.74, 6) is 0.838. The van der Waals surface area contributed by atoms with Crippen LogP contribution in [0.4, 0.5) is 5.69 Å². The van der Waals surface area contributed by atoms with Gasteiger partial charge in [-0.2, -0.15) is 9.78 Å². The summed E-state index contributed by atoms with van der Waals surface area (Å²) >= 11 is 3.36. The minimum atomic E-state index is -0.595. The molecule has 1 fully saturated rings. The van der Waals surface area contributed by atoms with Crippen LogP contribution in [-0.2, 0) is 9.53 Å². The Morgan fingerprint density at radius 2 is 1.91 bits per heavy atom. The zero-order valence-corrected chi connectivity index (χ0v) is 27.6. The highest BCUT2D eigenvalue weighted by Crippen LogP contribution is 2.37. The Labute approximate surface area is 273 Å². The molecule has 0 N–H and O–H groups in total. The molecule has 0 spiro atoms. The van der Waals surface area contributed by atoms with E-state index in [0.717, 1.165) is 16.9 Å². The van der Waals surface area contributed by atoms with Gasteiger partial charge >= 0.3 is 5.69 Å². The fraction of sp³-hybridized carbons (Fsp3) is 0.333. The van der Waals surface area contributed by atoms with Crippen molar-refractivity contribution in [3.8, 4) is 22.9 Å². The first-order valence-electron chi connectivity index (χ1n) is 14.9. The Hall–Kier alpha value is -4.62. The number of aryl methyl sites for hydroxylation is 1. The van der Waals surface area contributed by atoms with Crippen LogP contribution in [0, 0.1) is 17.0 Å². The average molecular weight is 693 g/mol. The number of carbonyl (C=O) groups is 1. The van der Waals surface area contributed by atoms with Crippen LogP contribution in [-0.4, -0.2) is 71.1 Å². The van der Waals surface area contributed by atoms with Crippen LogP contribution in [0.5, 0.6) is 11.5 Å². The summed E-state index contributed by atoms with van der Waals surface area (Å²) in [5, 5.41) is 16.9. The summed E-state index contributed by atoms with van der Waals surface area (Å²) in [7, 11) is 0. The fourth-order valence-corrected chi connectivity index (χ4v) is 5.77. The summed E-state index contributed by atoms with van der Waals surface area (Å²) in [5.41, 5.74) is 2.58. The largest absolute Gasteiger partial charge is 0.494 e. The van der Waals surface area contributed by atoms with Crippen molar-refractivity contribution in [1.29, 1.82) is 0 Å². The number of benzene rings is 3. The summed E-state index contributed by atoms with van der Waals surface area (Å²) in [6, 6.07) is 13.8. The number of nitro groups is 1. The lowest BCUT2D eigenvalue weighted by molar-refractivity contribution is -0.385. The van der Waals surface area contributed by atoms with E-state index < -0.39 is 10.5 Å². The van der Waals surface area contributed by atoms with Crippen molar-refractivity contribution in [1.82, 2.24) is 14.6 Å². The van der Waals surface area contributed by atoms with Crippen molar-refractivity contribution >= 4 is 44.6 Å². The number of ether oxygens (including phenoxy) is 3. The fourth-order valence-electron chi connectivity index (χ4n) is 5.19. The monoisotopic (exact) mass is 691 g/mol. The van der Waals surface area contributed by atoms with E-state index in [2.05, 4.69) is 34.9 Å². The quantitative estimate of drug-likeness (QED) is 0.118. The van der Waals surface area contributed by atoms with Crippen molar-refractivity contribution in [3.05, 3.63) is 90.2 Å². The maximum absolute atomic E-state index is 13.8. The van der Waals surface area contributed by atoms with Gasteiger partial charge in [0, 0.05) is 30.3 Å². The molecule has 1 aromatic heterocycles. The first-order chi connectivity index (χ1) is 22.1. The third kappa shape index (κ3) is 6.95. The van der Waals surface area contributed by atoms with Gasteiger partial charge < -0.3 is 19.1 Å². The predicted octanol–water partition coefficient (Wildman–Crippen LogP) is 5.68. The molecule has 0 radical (unpaired) electrons. The van der Waals surface area contributed by atoms with Crippen LogP contribution in [0.3, 0.4) is 0 Å². The first kappa shape index (κ1) is 32.8.